The minimum Gasteiger partial charge on any atom is -0.319 e. The van der Waals surface area contributed by atoms with Crippen LogP contribution in [0.2, 0.25) is 0 Å². The van der Waals surface area contributed by atoms with Gasteiger partial charge in [-0.1, -0.05) is 34.1 Å². The third-order valence-corrected chi connectivity index (χ3v) is 6.09. The van der Waals surface area contributed by atoms with Gasteiger partial charge in [0, 0.05) is 11.0 Å². The number of halogens is 1. The van der Waals surface area contributed by atoms with E-state index < -0.39 is 0 Å². The minimum absolute atomic E-state index is 0.468. The zero-order valence-corrected chi connectivity index (χ0v) is 12.7. The Morgan fingerprint density at radius 2 is 1.67 bits per heavy atom. The maximum absolute atomic E-state index is 3.76. The molecule has 3 aliphatic carbocycles. The summed E-state index contributed by atoms with van der Waals surface area (Å²) in [7, 11) is 2.10. The Bertz CT molecular complexity index is 416. The molecular weight excluding hydrogens is 286 g/mol. The zero-order chi connectivity index (χ0) is 12.6. The van der Waals surface area contributed by atoms with Crippen LogP contribution >= 0.6 is 15.9 Å². The average Bonchev–Trinajstić information content (AvgIpc) is 2.41. The standard InChI is InChI=1S/C16H22BrN/c1-18-12-15-6-9-16(10-7-15,11-8-15)13-4-2-3-5-14(13)17/h2-5,18H,6-12H2,1H3. The lowest BCUT2D eigenvalue weighted by Crippen LogP contribution is -2.48. The maximum atomic E-state index is 3.76. The molecule has 0 atom stereocenters. The molecule has 0 heterocycles. The smallest absolute Gasteiger partial charge is 0.0212 e. The van der Waals surface area contributed by atoms with Crippen LogP contribution in [0.1, 0.15) is 44.1 Å². The van der Waals surface area contributed by atoms with Crippen molar-refractivity contribution >= 4 is 15.9 Å². The van der Waals surface area contributed by atoms with Gasteiger partial charge in [-0.05, 0) is 68.0 Å². The highest BCUT2D eigenvalue weighted by Crippen LogP contribution is 2.58. The number of nitrogens with one attached hydrogen (secondary N) is 1. The van der Waals surface area contributed by atoms with Crippen molar-refractivity contribution in [2.24, 2.45) is 5.41 Å². The second-order valence-electron chi connectivity index (χ2n) is 6.29. The van der Waals surface area contributed by atoms with Crippen LogP contribution in [0.3, 0.4) is 0 Å². The Balaban J connectivity index is 1.87. The normalized spacial score (nSPS) is 34.8. The fourth-order valence-corrected chi connectivity index (χ4v) is 4.90. The summed E-state index contributed by atoms with van der Waals surface area (Å²) in [6.45, 7) is 1.21. The van der Waals surface area contributed by atoms with Crippen molar-refractivity contribution in [1.29, 1.82) is 0 Å². The van der Waals surface area contributed by atoms with Crippen molar-refractivity contribution in [3.63, 3.8) is 0 Å². The van der Waals surface area contributed by atoms with Gasteiger partial charge in [0.05, 0.1) is 0 Å². The average molecular weight is 308 g/mol. The predicted molar refractivity (Wildman–Crippen MR) is 79.9 cm³/mol. The largest absolute Gasteiger partial charge is 0.319 e. The van der Waals surface area contributed by atoms with E-state index in [4.69, 9.17) is 0 Å². The van der Waals surface area contributed by atoms with Crippen LogP contribution in [0.4, 0.5) is 0 Å². The van der Waals surface area contributed by atoms with Crippen LogP contribution in [0.15, 0.2) is 28.7 Å². The van der Waals surface area contributed by atoms with E-state index in [0.717, 1.165) is 0 Å². The molecule has 1 aromatic rings. The molecule has 3 fully saturated rings. The molecule has 4 rings (SSSR count). The first-order valence-corrected chi connectivity index (χ1v) is 7.89. The molecule has 0 saturated heterocycles. The lowest BCUT2D eigenvalue weighted by molar-refractivity contribution is 0.0411. The van der Waals surface area contributed by atoms with Crippen molar-refractivity contribution in [3.05, 3.63) is 34.3 Å². The Morgan fingerprint density at radius 1 is 1.06 bits per heavy atom. The quantitative estimate of drug-likeness (QED) is 0.880. The number of hydrogen-bond acceptors (Lipinski definition) is 1. The van der Waals surface area contributed by atoms with Crippen LogP contribution in [-0.2, 0) is 5.41 Å². The van der Waals surface area contributed by atoms with Crippen LogP contribution in [0.5, 0.6) is 0 Å². The summed E-state index contributed by atoms with van der Waals surface area (Å²) in [6, 6.07) is 8.86. The van der Waals surface area contributed by atoms with E-state index in [-0.39, 0.29) is 0 Å². The molecule has 2 bridgehead atoms. The molecule has 0 amide bonds. The Morgan fingerprint density at radius 3 is 2.22 bits per heavy atom. The summed E-state index contributed by atoms with van der Waals surface area (Å²) in [5, 5.41) is 3.41. The van der Waals surface area contributed by atoms with E-state index in [1.54, 1.807) is 5.56 Å². The van der Waals surface area contributed by atoms with E-state index in [0.29, 0.717) is 10.8 Å². The maximum Gasteiger partial charge on any atom is 0.0212 e. The number of benzene rings is 1. The van der Waals surface area contributed by atoms with Gasteiger partial charge in [0.1, 0.15) is 0 Å². The topological polar surface area (TPSA) is 12.0 Å². The molecule has 2 heteroatoms. The summed E-state index contributed by atoms with van der Waals surface area (Å²) in [5.41, 5.74) is 2.63. The highest BCUT2D eigenvalue weighted by atomic mass is 79.9. The molecule has 3 saturated carbocycles. The molecule has 0 spiro atoms. The first kappa shape index (κ1) is 12.7. The zero-order valence-electron chi connectivity index (χ0n) is 11.1. The van der Waals surface area contributed by atoms with Gasteiger partial charge in [0.25, 0.3) is 0 Å². The van der Waals surface area contributed by atoms with Gasteiger partial charge in [-0.25, -0.2) is 0 Å². The Kier molecular flexibility index (Phi) is 3.27. The fourth-order valence-electron chi connectivity index (χ4n) is 4.20. The van der Waals surface area contributed by atoms with Crippen LogP contribution < -0.4 is 5.32 Å². The molecular formula is C16H22BrN. The summed E-state index contributed by atoms with van der Waals surface area (Å²) < 4.78 is 1.31. The molecule has 3 aliphatic rings. The summed E-state index contributed by atoms with van der Waals surface area (Å²) >= 11 is 3.76. The van der Waals surface area contributed by atoms with E-state index in [9.17, 15) is 0 Å². The molecule has 0 aromatic heterocycles. The van der Waals surface area contributed by atoms with Gasteiger partial charge in [-0.2, -0.15) is 0 Å². The lowest BCUT2D eigenvalue weighted by atomic mass is 9.52. The molecule has 0 unspecified atom stereocenters. The van der Waals surface area contributed by atoms with Crippen molar-refractivity contribution in [1.82, 2.24) is 5.32 Å². The van der Waals surface area contributed by atoms with Crippen molar-refractivity contribution in [3.8, 4) is 0 Å². The molecule has 0 radical (unpaired) electrons. The monoisotopic (exact) mass is 307 g/mol. The van der Waals surface area contributed by atoms with Crippen molar-refractivity contribution < 1.29 is 0 Å². The van der Waals surface area contributed by atoms with Crippen LogP contribution in [0, 0.1) is 5.41 Å². The molecule has 1 N–H and O–H groups in total. The lowest BCUT2D eigenvalue weighted by Gasteiger charge is -2.54. The highest BCUT2D eigenvalue weighted by Gasteiger charge is 2.49. The third-order valence-electron chi connectivity index (χ3n) is 5.40. The van der Waals surface area contributed by atoms with E-state index in [2.05, 4.69) is 52.6 Å². The number of hydrogen-bond donors (Lipinski definition) is 1. The van der Waals surface area contributed by atoms with Gasteiger partial charge in [0.15, 0.2) is 0 Å². The number of fused-ring (bicyclic) bond motifs is 3. The fraction of sp³-hybridized carbons (Fsp3) is 0.625. The highest BCUT2D eigenvalue weighted by molar-refractivity contribution is 9.10. The predicted octanol–water partition coefficient (Wildman–Crippen LogP) is 4.26. The van der Waals surface area contributed by atoms with E-state index >= 15 is 0 Å². The van der Waals surface area contributed by atoms with Gasteiger partial charge in [0.2, 0.25) is 0 Å². The van der Waals surface area contributed by atoms with E-state index in [1.807, 2.05) is 0 Å². The summed E-state index contributed by atoms with van der Waals surface area (Å²) in [4.78, 5) is 0. The first-order chi connectivity index (χ1) is 8.70. The minimum atomic E-state index is 0.468. The second kappa shape index (κ2) is 4.64. The molecule has 0 aliphatic heterocycles. The van der Waals surface area contributed by atoms with E-state index in [1.165, 1.54) is 49.5 Å². The second-order valence-corrected chi connectivity index (χ2v) is 7.14. The van der Waals surface area contributed by atoms with Crippen LogP contribution in [0.25, 0.3) is 0 Å². The molecule has 18 heavy (non-hydrogen) atoms. The molecule has 98 valence electrons. The van der Waals surface area contributed by atoms with Crippen LogP contribution in [-0.4, -0.2) is 13.6 Å². The SMILES string of the molecule is CNCC12CCC(c3ccccc3Br)(CC1)CC2. The Labute approximate surface area is 118 Å². The van der Waals surface area contributed by atoms with Crippen molar-refractivity contribution in [2.45, 2.75) is 43.9 Å². The number of rotatable bonds is 3. The summed E-state index contributed by atoms with van der Waals surface area (Å²) in [5.74, 6) is 0. The Hall–Kier alpha value is -0.340. The van der Waals surface area contributed by atoms with Crippen molar-refractivity contribution in [2.75, 3.05) is 13.6 Å². The van der Waals surface area contributed by atoms with Gasteiger partial charge < -0.3 is 5.32 Å². The van der Waals surface area contributed by atoms with Gasteiger partial charge in [-0.15, -0.1) is 0 Å². The van der Waals surface area contributed by atoms with Gasteiger partial charge in [-0.3, -0.25) is 0 Å². The first-order valence-electron chi connectivity index (χ1n) is 7.09. The third kappa shape index (κ3) is 1.94. The van der Waals surface area contributed by atoms with Gasteiger partial charge >= 0.3 is 0 Å². The molecule has 1 aromatic carbocycles. The summed E-state index contributed by atoms with van der Waals surface area (Å²) in [6.07, 6.45) is 8.31. The molecule has 1 nitrogen and oxygen atoms in total.